The van der Waals surface area contributed by atoms with Crippen LogP contribution in [0.5, 0.6) is 11.5 Å². The molecule has 0 atom stereocenters. The van der Waals surface area contributed by atoms with Crippen LogP contribution in [0.3, 0.4) is 0 Å². The van der Waals surface area contributed by atoms with Crippen molar-refractivity contribution in [3.63, 3.8) is 0 Å². The molecule has 3 rings (SSSR count). The quantitative estimate of drug-likeness (QED) is 0.719. The van der Waals surface area contributed by atoms with E-state index >= 15 is 0 Å². The van der Waals surface area contributed by atoms with Gasteiger partial charge in [-0.2, -0.15) is 0 Å². The standard InChI is InChI=1S/C22H22N2O3/c1-16-10-11-19(13-17(16)2)27-15-22(26)24(14-18-7-5-6-12-23-18)20-8-3-4-9-21(20)25/h3-13,25H,14-15H2,1-2H3. The van der Waals surface area contributed by atoms with Crippen LogP contribution >= 0.6 is 0 Å². The zero-order valence-corrected chi connectivity index (χ0v) is 15.4. The smallest absolute Gasteiger partial charge is 0.265 e. The molecule has 138 valence electrons. The fourth-order valence-corrected chi connectivity index (χ4v) is 2.68. The van der Waals surface area contributed by atoms with E-state index in [1.807, 2.05) is 50.2 Å². The summed E-state index contributed by atoms with van der Waals surface area (Å²) in [4.78, 5) is 18.7. The molecule has 0 bridgehead atoms. The van der Waals surface area contributed by atoms with Gasteiger partial charge in [0.05, 0.1) is 17.9 Å². The van der Waals surface area contributed by atoms with Gasteiger partial charge >= 0.3 is 0 Å². The summed E-state index contributed by atoms with van der Waals surface area (Å²) in [6.07, 6.45) is 1.68. The number of aromatic hydroxyl groups is 1. The Hall–Kier alpha value is -3.34. The number of carbonyl (C=O) groups is 1. The highest BCUT2D eigenvalue weighted by Crippen LogP contribution is 2.28. The first-order chi connectivity index (χ1) is 13.0. The monoisotopic (exact) mass is 362 g/mol. The van der Waals surface area contributed by atoms with E-state index in [1.165, 1.54) is 10.5 Å². The second-order valence-corrected chi connectivity index (χ2v) is 6.32. The minimum atomic E-state index is -0.264. The summed E-state index contributed by atoms with van der Waals surface area (Å²) in [6.45, 7) is 4.13. The molecular weight excluding hydrogens is 340 g/mol. The molecule has 5 heteroatoms. The van der Waals surface area contributed by atoms with Crippen LogP contribution in [0, 0.1) is 13.8 Å². The number of hydrogen-bond donors (Lipinski definition) is 1. The van der Waals surface area contributed by atoms with Crippen molar-refractivity contribution in [3.05, 3.63) is 83.7 Å². The number of aromatic nitrogens is 1. The average Bonchev–Trinajstić information content (AvgIpc) is 2.68. The van der Waals surface area contributed by atoms with Crippen LogP contribution in [0.1, 0.15) is 16.8 Å². The zero-order chi connectivity index (χ0) is 19.2. The fourth-order valence-electron chi connectivity index (χ4n) is 2.68. The summed E-state index contributed by atoms with van der Waals surface area (Å²) in [5.41, 5.74) is 3.42. The summed E-state index contributed by atoms with van der Waals surface area (Å²) in [5, 5.41) is 10.2. The van der Waals surface area contributed by atoms with Crippen molar-refractivity contribution >= 4 is 11.6 Å². The summed E-state index contributed by atoms with van der Waals surface area (Å²) in [6, 6.07) is 18.0. The summed E-state index contributed by atoms with van der Waals surface area (Å²) in [5.74, 6) is 0.412. The first kappa shape index (κ1) is 18.5. The van der Waals surface area contributed by atoms with Gasteiger partial charge in [0.1, 0.15) is 11.5 Å². The van der Waals surface area contributed by atoms with Crippen molar-refractivity contribution in [2.45, 2.75) is 20.4 Å². The van der Waals surface area contributed by atoms with Crippen molar-refractivity contribution < 1.29 is 14.6 Å². The predicted octanol–water partition coefficient (Wildman–Crippen LogP) is 4.02. The number of ether oxygens (including phenoxy) is 1. The van der Waals surface area contributed by atoms with Crippen molar-refractivity contribution in [2.24, 2.45) is 0 Å². The molecule has 0 aliphatic carbocycles. The Balaban J connectivity index is 1.80. The van der Waals surface area contributed by atoms with E-state index in [-0.39, 0.29) is 24.8 Å². The molecule has 0 unspecified atom stereocenters. The number of phenols is 1. The molecule has 0 fully saturated rings. The topological polar surface area (TPSA) is 62.7 Å². The Kier molecular flexibility index (Phi) is 5.71. The molecule has 0 spiro atoms. The number of aryl methyl sites for hydroxylation is 2. The molecule has 27 heavy (non-hydrogen) atoms. The Labute approximate surface area is 158 Å². The molecule has 0 aliphatic heterocycles. The Morgan fingerprint density at radius 2 is 1.81 bits per heavy atom. The molecule has 0 radical (unpaired) electrons. The number of phenolic OH excluding ortho intramolecular Hbond substituents is 1. The normalized spacial score (nSPS) is 10.4. The number of rotatable bonds is 6. The molecular formula is C22H22N2O3. The Morgan fingerprint density at radius 1 is 1.04 bits per heavy atom. The third-order valence-electron chi connectivity index (χ3n) is 4.36. The predicted molar refractivity (Wildman–Crippen MR) is 105 cm³/mol. The van der Waals surface area contributed by atoms with Crippen LogP contribution in [0.4, 0.5) is 5.69 Å². The van der Waals surface area contributed by atoms with E-state index in [4.69, 9.17) is 4.74 Å². The summed E-state index contributed by atoms with van der Waals surface area (Å²) >= 11 is 0. The average molecular weight is 362 g/mol. The van der Waals surface area contributed by atoms with E-state index in [0.29, 0.717) is 11.4 Å². The zero-order valence-electron chi connectivity index (χ0n) is 15.4. The van der Waals surface area contributed by atoms with E-state index in [0.717, 1.165) is 11.3 Å². The highest BCUT2D eigenvalue weighted by molar-refractivity contribution is 5.95. The lowest BCUT2D eigenvalue weighted by molar-refractivity contribution is -0.120. The number of benzene rings is 2. The van der Waals surface area contributed by atoms with Gasteiger partial charge in [-0.3, -0.25) is 14.7 Å². The van der Waals surface area contributed by atoms with Gasteiger partial charge in [0.25, 0.3) is 5.91 Å². The number of anilines is 1. The molecule has 5 nitrogen and oxygen atoms in total. The molecule has 0 saturated carbocycles. The second kappa shape index (κ2) is 8.36. The highest BCUT2D eigenvalue weighted by Gasteiger charge is 2.20. The van der Waals surface area contributed by atoms with Gasteiger partial charge in [0, 0.05) is 6.20 Å². The van der Waals surface area contributed by atoms with E-state index in [1.54, 1.807) is 30.5 Å². The fraction of sp³-hybridized carbons (Fsp3) is 0.182. The first-order valence-electron chi connectivity index (χ1n) is 8.73. The summed E-state index contributed by atoms with van der Waals surface area (Å²) in [7, 11) is 0. The number of carbonyl (C=O) groups excluding carboxylic acids is 1. The largest absolute Gasteiger partial charge is 0.506 e. The molecule has 3 aromatic rings. The molecule has 1 N–H and O–H groups in total. The number of nitrogens with zero attached hydrogens (tertiary/aromatic N) is 2. The number of amides is 1. The lowest BCUT2D eigenvalue weighted by Crippen LogP contribution is -2.34. The van der Waals surface area contributed by atoms with Crippen molar-refractivity contribution in [1.29, 1.82) is 0 Å². The van der Waals surface area contributed by atoms with Gasteiger partial charge in [0.2, 0.25) is 0 Å². The van der Waals surface area contributed by atoms with Gasteiger partial charge in [-0.15, -0.1) is 0 Å². The molecule has 2 aromatic carbocycles. The number of pyridine rings is 1. The van der Waals surface area contributed by atoms with Crippen molar-refractivity contribution in [1.82, 2.24) is 4.98 Å². The van der Waals surface area contributed by atoms with Crippen LogP contribution < -0.4 is 9.64 Å². The maximum absolute atomic E-state index is 12.9. The molecule has 1 aromatic heterocycles. The molecule has 1 amide bonds. The van der Waals surface area contributed by atoms with Gasteiger partial charge < -0.3 is 9.84 Å². The van der Waals surface area contributed by atoms with Crippen LogP contribution in [-0.2, 0) is 11.3 Å². The van der Waals surface area contributed by atoms with Crippen LogP contribution in [-0.4, -0.2) is 22.6 Å². The minimum Gasteiger partial charge on any atom is -0.506 e. The SMILES string of the molecule is Cc1ccc(OCC(=O)N(Cc2ccccn2)c2ccccc2O)cc1C. The van der Waals surface area contributed by atoms with Crippen LogP contribution in [0.2, 0.25) is 0 Å². The lowest BCUT2D eigenvalue weighted by atomic mass is 10.1. The van der Waals surface area contributed by atoms with Crippen molar-refractivity contribution in [2.75, 3.05) is 11.5 Å². The van der Waals surface area contributed by atoms with Gasteiger partial charge in [-0.25, -0.2) is 0 Å². The van der Waals surface area contributed by atoms with E-state index < -0.39 is 0 Å². The van der Waals surface area contributed by atoms with Crippen LogP contribution in [0.15, 0.2) is 66.9 Å². The Bertz CT molecular complexity index is 926. The van der Waals surface area contributed by atoms with Gasteiger partial charge in [-0.05, 0) is 61.4 Å². The number of hydrogen-bond acceptors (Lipinski definition) is 4. The first-order valence-corrected chi connectivity index (χ1v) is 8.73. The summed E-state index contributed by atoms with van der Waals surface area (Å²) < 4.78 is 5.69. The van der Waals surface area contributed by atoms with Gasteiger partial charge in [0.15, 0.2) is 6.61 Å². The second-order valence-electron chi connectivity index (χ2n) is 6.32. The van der Waals surface area contributed by atoms with Gasteiger partial charge in [-0.1, -0.05) is 24.3 Å². The minimum absolute atomic E-state index is 0.0351. The third-order valence-corrected chi connectivity index (χ3v) is 4.36. The molecule has 0 aliphatic rings. The van der Waals surface area contributed by atoms with E-state index in [9.17, 15) is 9.90 Å². The number of para-hydroxylation sites is 2. The maximum atomic E-state index is 12.9. The van der Waals surface area contributed by atoms with Crippen molar-refractivity contribution in [3.8, 4) is 11.5 Å². The third kappa shape index (κ3) is 4.64. The lowest BCUT2D eigenvalue weighted by Gasteiger charge is -2.23. The Morgan fingerprint density at radius 3 is 2.52 bits per heavy atom. The molecule has 1 heterocycles. The van der Waals surface area contributed by atoms with E-state index in [2.05, 4.69) is 4.98 Å². The maximum Gasteiger partial charge on any atom is 0.265 e. The highest BCUT2D eigenvalue weighted by atomic mass is 16.5. The van der Waals surface area contributed by atoms with Crippen LogP contribution in [0.25, 0.3) is 0 Å². The molecule has 0 saturated heterocycles.